The summed E-state index contributed by atoms with van der Waals surface area (Å²) in [5, 5.41) is 2.26. The van der Waals surface area contributed by atoms with Gasteiger partial charge in [-0.2, -0.15) is 0 Å². The van der Waals surface area contributed by atoms with Crippen molar-refractivity contribution in [3.63, 3.8) is 0 Å². The molecule has 2 aromatic carbocycles. The summed E-state index contributed by atoms with van der Waals surface area (Å²) in [5.41, 5.74) is 0.913. The Hall–Kier alpha value is -1.58. The number of amides is 1. The Bertz CT molecular complexity index is 542. The van der Waals surface area contributed by atoms with E-state index >= 15 is 0 Å². The third kappa shape index (κ3) is 2.75. The monoisotopic (exact) mass is 249 g/mol. The molecule has 0 N–H and O–H groups in total. The first-order valence-electron chi connectivity index (χ1n) is 5.21. The van der Waals surface area contributed by atoms with Crippen LogP contribution in [0.2, 0.25) is 0 Å². The van der Waals surface area contributed by atoms with Crippen molar-refractivity contribution >= 4 is 28.5 Å². The third-order valence-corrected chi connectivity index (χ3v) is 2.85. The van der Waals surface area contributed by atoms with Crippen LogP contribution in [0.3, 0.4) is 0 Å². The van der Waals surface area contributed by atoms with Gasteiger partial charge in [-0.3, -0.25) is 9.63 Å². The second-order valence-electron chi connectivity index (χ2n) is 3.68. The van der Waals surface area contributed by atoms with Gasteiger partial charge in [0.25, 0.3) is 5.91 Å². The van der Waals surface area contributed by atoms with Gasteiger partial charge in [-0.05, 0) is 16.3 Å². The first-order chi connectivity index (χ1) is 8.20. The van der Waals surface area contributed by atoms with Crippen LogP contribution >= 0.6 is 11.8 Å². The molecule has 17 heavy (non-hydrogen) atoms. The molecule has 0 spiro atoms. The van der Waals surface area contributed by atoms with Crippen LogP contribution in [0.15, 0.2) is 42.5 Å². The molecule has 0 aliphatic rings. The highest BCUT2D eigenvalue weighted by molar-refractivity contribution is 6.20. The number of hydroxylamine groups is 1. The molecule has 0 radical (unpaired) electrons. The first kappa shape index (κ1) is 11.9. The molecule has 0 fully saturated rings. The highest BCUT2D eigenvalue weighted by atomic mass is 35.5. The zero-order chi connectivity index (χ0) is 12.3. The second-order valence-corrected chi connectivity index (χ2v) is 3.99. The summed E-state index contributed by atoms with van der Waals surface area (Å²) in [7, 11) is 1.35. The molecule has 0 heterocycles. The topological polar surface area (TPSA) is 29.5 Å². The van der Waals surface area contributed by atoms with Gasteiger partial charge in [-0.25, -0.2) is 0 Å². The van der Waals surface area contributed by atoms with Crippen LogP contribution < -0.4 is 0 Å². The van der Waals surface area contributed by atoms with Gasteiger partial charge >= 0.3 is 0 Å². The molecule has 0 aliphatic heterocycles. The van der Waals surface area contributed by atoms with Crippen LogP contribution in [-0.2, 0) is 16.1 Å². The van der Waals surface area contributed by atoms with E-state index in [0.717, 1.165) is 20.9 Å². The molecule has 4 heteroatoms. The molecular weight excluding hydrogens is 238 g/mol. The normalized spacial score (nSPS) is 10.5. The minimum absolute atomic E-state index is 0.224. The lowest BCUT2D eigenvalue weighted by molar-refractivity contribution is -0.151. The number of benzene rings is 2. The van der Waals surface area contributed by atoms with Gasteiger partial charge in [-0.1, -0.05) is 42.5 Å². The Morgan fingerprint density at radius 2 is 1.94 bits per heavy atom. The van der Waals surface area contributed by atoms with Crippen LogP contribution in [0.5, 0.6) is 0 Å². The lowest BCUT2D eigenvalue weighted by Gasteiger charge is -2.10. The van der Waals surface area contributed by atoms with Crippen molar-refractivity contribution in [1.82, 2.24) is 4.58 Å². The average Bonchev–Trinajstić information content (AvgIpc) is 2.37. The zero-order valence-corrected chi connectivity index (χ0v) is 10.1. The molecule has 0 bridgehead atoms. The molecular formula is C13H12ClNO2. The van der Waals surface area contributed by atoms with Gasteiger partial charge in [0.15, 0.2) is 0 Å². The van der Waals surface area contributed by atoms with E-state index < -0.39 is 0 Å². The zero-order valence-electron chi connectivity index (χ0n) is 9.39. The molecule has 2 aromatic rings. The van der Waals surface area contributed by atoms with E-state index in [1.165, 1.54) is 7.11 Å². The second kappa shape index (κ2) is 5.17. The van der Waals surface area contributed by atoms with Crippen molar-refractivity contribution in [2.45, 2.75) is 6.42 Å². The van der Waals surface area contributed by atoms with Crippen LogP contribution in [0, 0.1) is 0 Å². The van der Waals surface area contributed by atoms with Crippen molar-refractivity contribution in [2.75, 3.05) is 7.11 Å². The smallest absolute Gasteiger partial charge is 0.266 e. The van der Waals surface area contributed by atoms with E-state index in [4.69, 9.17) is 11.8 Å². The van der Waals surface area contributed by atoms with Crippen molar-refractivity contribution in [3.05, 3.63) is 48.0 Å². The molecule has 0 aromatic heterocycles. The molecule has 2 rings (SSSR count). The first-order valence-corrected chi connectivity index (χ1v) is 5.55. The van der Waals surface area contributed by atoms with E-state index in [1.807, 2.05) is 42.5 Å². The lowest BCUT2D eigenvalue weighted by atomic mass is 10.1. The van der Waals surface area contributed by atoms with Gasteiger partial charge in [0, 0.05) is 11.8 Å². The third-order valence-electron chi connectivity index (χ3n) is 2.53. The van der Waals surface area contributed by atoms with Crippen LogP contribution in [-0.4, -0.2) is 17.6 Å². The summed E-state index contributed by atoms with van der Waals surface area (Å²) < 4.78 is 0.717. The van der Waals surface area contributed by atoms with E-state index in [9.17, 15) is 4.79 Å². The van der Waals surface area contributed by atoms with Gasteiger partial charge in [0.1, 0.15) is 0 Å². The Kier molecular flexibility index (Phi) is 3.61. The van der Waals surface area contributed by atoms with Crippen molar-refractivity contribution in [2.24, 2.45) is 0 Å². The number of halogens is 1. The Labute approximate surface area is 105 Å². The fraction of sp³-hybridized carbons (Fsp3) is 0.154. The molecule has 88 valence electrons. The van der Waals surface area contributed by atoms with Gasteiger partial charge in [0.2, 0.25) is 0 Å². The number of nitrogens with zero attached hydrogens (tertiary/aromatic N) is 1. The average molecular weight is 250 g/mol. The standard InChI is InChI=1S/C13H12ClNO2/c1-17-15(14)13(16)9-10-6-7-11-4-2-3-5-12(11)8-10/h2-8H,9H2,1H3. The molecule has 0 unspecified atom stereocenters. The molecule has 0 saturated heterocycles. The summed E-state index contributed by atoms with van der Waals surface area (Å²) >= 11 is 5.55. The van der Waals surface area contributed by atoms with Gasteiger partial charge in [-0.15, -0.1) is 4.58 Å². The largest absolute Gasteiger partial charge is 0.271 e. The molecule has 0 atom stereocenters. The maximum absolute atomic E-state index is 11.5. The summed E-state index contributed by atoms with van der Waals surface area (Å²) in [6, 6.07) is 13.9. The predicted molar refractivity (Wildman–Crippen MR) is 67.4 cm³/mol. The van der Waals surface area contributed by atoms with Crippen molar-refractivity contribution < 1.29 is 9.63 Å². The SMILES string of the molecule is CON(Cl)C(=O)Cc1ccc2ccccc2c1. The minimum atomic E-state index is -0.288. The molecule has 0 saturated carbocycles. The highest BCUT2D eigenvalue weighted by Crippen LogP contribution is 2.16. The Balaban J connectivity index is 2.22. The summed E-state index contributed by atoms with van der Waals surface area (Å²) in [4.78, 5) is 16.2. The Morgan fingerprint density at radius 1 is 1.24 bits per heavy atom. The molecule has 3 nitrogen and oxygen atoms in total. The van der Waals surface area contributed by atoms with Gasteiger partial charge < -0.3 is 0 Å². The number of carbonyl (C=O) groups excluding carboxylic acids is 1. The van der Waals surface area contributed by atoms with Crippen molar-refractivity contribution in [3.8, 4) is 0 Å². The number of fused-ring (bicyclic) bond motifs is 1. The highest BCUT2D eigenvalue weighted by Gasteiger charge is 2.11. The fourth-order valence-electron chi connectivity index (χ4n) is 1.69. The number of hydrogen-bond donors (Lipinski definition) is 0. The number of carbonyl (C=O) groups is 1. The maximum atomic E-state index is 11.5. The quantitative estimate of drug-likeness (QED) is 0.618. The van der Waals surface area contributed by atoms with Crippen LogP contribution in [0.25, 0.3) is 10.8 Å². The molecule has 1 amide bonds. The van der Waals surface area contributed by atoms with E-state index in [1.54, 1.807) is 0 Å². The van der Waals surface area contributed by atoms with Crippen LogP contribution in [0.1, 0.15) is 5.56 Å². The van der Waals surface area contributed by atoms with Gasteiger partial charge in [0.05, 0.1) is 13.5 Å². The van der Waals surface area contributed by atoms with E-state index in [2.05, 4.69) is 4.84 Å². The lowest BCUT2D eigenvalue weighted by Crippen LogP contribution is -2.21. The predicted octanol–water partition coefficient (Wildman–Crippen LogP) is 2.93. The minimum Gasteiger partial charge on any atom is -0.271 e. The van der Waals surface area contributed by atoms with E-state index in [0.29, 0.717) is 0 Å². The Morgan fingerprint density at radius 3 is 2.65 bits per heavy atom. The maximum Gasteiger partial charge on any atom is 0.266 e. The molecule has 0 aliphatic carbocycles. The van der Waals surface area contributed by atoms with Crippen LogP contribution in [0.4, 0.5) is 0 Å². The number of rotatable bonds is 3. The van der Waals surface area contributed by atoms with Crippen molar-refractivity contribution in [1.29, 1.82) is 0 Å². The summed E-state index contributed by atoms with van der Waals surface area (Å²) in [6.45, 7) is 0. The number of hydrogen-bond acceptors (Lipinski definition) is 2. The summed E-state index contributed by atoms with van der Waals surface area (Å²) in [5.74, 6) is -0.288. The fourth-order valence-corrected chi connectivity index (χ4v) is 1.75. The van der Waals surface area contributed by atoms with E-state index in [-0.39, 0.29) is 12.3 Å². The summed E-state index contributed by atoms with van der Waals surface area (Å²) in [6.07, 6.45) is 0.224.